The summed E-state index contributed by atoms with van der Waals surface area (Å²) in [4.78, 5) is 13.7. The minimum Gasteiger partial charge on any atom is -0.383 e. The lowest BCUT2D eigenvalue weighted by Gasteiger charge is -2.15. The van der Waals surface area contributed by atoms with E-state index in [9.17, 15) is 0 Å². The molecule has 3 N–H and O–H groups in total. The zero-order valence-electron chi connectivity index (χ0n) is 17.6. The first-order chi connectivity index (χ1) is 15.3. The number of imidazole rings is 1. The molecule has 1 saturated heterocycles. The van der Waals surface area contributed by atoms with Gasteiger partial charge in [-0.15, -0.1) is 0 Å². The Morgan fingerprint density at radius 1 is 1.13 bits per heavy atom. The molecule has 2 aromatic carbocycles. The minimum atomic E-state index is 0.110. The van der Waals surface area contributed by atoms with E-state index in [2.05, 4.69) is 63.2 Å². The number of nitrogens with zero attached hydrogens (tertiary/aromatic N) is 4. The Balaban J connectivity index is 1.33. The summed E-state index contributed by atoms with van der Waals surface area (Å²) in [6.45, 7) is 4.16. The van der Waals surface area contributed by atoms with E-state index in [1.807, 2.05) is 35.2 Å². The maximum atomic E-state index is 4.72. The van der Waals surface area contributed by atoms with Crippen LogP contribution in [0.25, 0.3) is 16.9 Å². The van der Waals surface area contributed by atoms with Crippen LogP contribution >= 0.6 is 0 Å². The van der Waals surface area contributed by atoms with Crippen molar-refractivity contribution in [3.63, 3.8) is 0 Å². The summed E-state index contributed by atoms with van der Waals surface area (Å²) in [5.74, 6) is 1.38. The molecule has 1 aliphatic heterocycles. The standard InChI is InChI=1S/C24H27N7/c1-17(18-6-3-2-4-7-18)29-24-26-13-11-23(30-24)31-16-28-21-14-19(9-10-22(21)31)27-15-20-8-5-12-25-20/h2-4,6-7,9-11,13-14,16-17,20,25,27H,5,8,12,15H2,1H3,(H,26,29,30)/t17-,20+/m0/s1. The number of benzene rings is 2. The Kier molecular flexibility index (Phi) is 5.50. The van der Waals surface area contributed by atoms with Gasteiger partial charge < -0.3 is 16.0 Å². The van der Waals surface area contributed by atoms with E-state index in [4.69, 9.17) is 4.98 Å². The highest BCUT2D eigenvalue weighted by Gasteiger charge is 2.14. The van der Waals surface area contributed by atoms with Crippen LogP contribution in [0.5, 0.6) is 0 Å². The molecule has 31 heavy (non-hydrogen) atoms. The summed E-state index contributed by atoms with van der Waals surface area (Å²) >= 11 is 0. The van der Waals surface area contributed by atoms with Crippen LogP contribution in [0.1, 0.15) is 31.4 Å². The first-order valence-electron chi connectivity index (χ1n) is 10.9. The van der Waals surface area contributed by atoms with Gasteiger partial charge in [0.15, 0.2) is 0 Å². The van der Waals surface area contributed by atoms with Crippen molar-refractivity contribution in [2.45, 2.75) is 31.8 Å². The minimum absolute atomic E-state index is 0.110. The maximum absolute atomic E-state index is 4.72. The molecule has 1 aliphatic rings. The molecule has 0 radical (unpaired) electrons. The maximum Gasteiger partial charge on any atom is 0.225 e. The van der Waals surface area contributed by atoms with Crippen molar-refractivity contribution in [3.05, 3.63) is 72.7 Å². The van der Waals surface area contributed by atoms with Crippen molar-refractivity contribution in [1.82, 2.24) is 24.8 Å². The van der Waals surface area contributed by atoms with Crippen LogP contribution in [-0.2, 0) is 0 Å². The normalized spacial score (nSPS) is 17.0. The molecule has 3 heterocycles. The van der Waals surface area contributed by atoms with E-state index < -0.39 is 0 Å². The van der Waals surface area contributed by atoms with Crippen LogP contribution in [0.3, 0.4) is 0 Å². The lowest BCUT2D eigenvalue weighted by atomic mass is 10.1. The fraction of sp³-hybridized carbons (Fsp3) is 0.292. The molecule has 2 atom stereocenters. The van der Waals surface area contributed by atoms with Gasteiger partial charge in [-0.3, -0.25) is 4.57 Å². The monoisotopic (exact) mass is 413 g/mol. The van der Waals surface area contributed by atoms with Crippen LogP contribution in [-0.4, -0.2) is 38.7 Å². The molecule has 4 aromatic rings. The fourth-order valence-electron chi connectivity index (χ4n) is 4.05. The quantitative estimate of drug-likeness (QED) is 0.422. The summed E-state index contributed by atoms with van der Waals surface area (Å²) in [6.07, 6.45) is 6.09. The average Bonchev–Trinajstić information content (AvgIpc) is 3.48. The van der Waals surface area contributed by atoms with Crippen molar-refractivity contribution < 1.29 is 0 Å². The molecule has 158 valence electrons. The molecule has 7 heteroatoms. The van der Waals surface area contributed by atoms with Gasteiger partial charge >= 0.3 is 0 Å². The Bertz CT molecular complexity index is 1150. The number of hydrogen-bond acceptors (Lipinski definition) is 6. The second-order valence-corrected chi connectivity index (χ2v) is 8.01. The van der Waals surface area contributed by atoms with E-state index in [0.717, 1.165) is 35.6 Å². The first-order valence-corrected chi connectivity index (χ1v) is 10.9. The van der Waals surface area contributed by atoms with Gasteiger partial charge in [0, 0.05) is 24.5 Å². The van der Waals surface area contributed by atoms with Gasteiger partial charge in [-0.25, -0.2) is 9.97 Å². The van der Waals surface area contributed by atoms with E-state index in [-0.39, 0.29) is 6.04 Å². The van der Waals surface area contributed by atoms with Crippen LogP contribution in [0, 0.1) is 0 Å². The fourth-order valence-corrected chi connectivity index (χ4v) is 4.05. The van der Waals surface area contributed by atoms with E-state index in [0.29, 0.717) is 12.0 Å². The second kappa shape index (κ2) is 8.73. The molecule has 1 fully saturated rings. The number of anilines is 2. The molecule has 0 bridgehead atoms. The second-order valence-electron chi connectivity index (χ2n) is 8.01. The average molecular weight is 414 g/mol. The molecule has 0 unspecified atom stereocenters. The third-order valence-electron chi connectivity index (χ3n) is 5.80. The van der Waals surface area contributed by atoms with Crippen molar-refractivity contribution in [2.75, 3.05) is 23.7 Å². The highest BCUT2D eigenvalue weighted by atomic mass is 15.2. The molecular formula is C24H27N7. The topological polar surface area (TPSA) is 79.7 Å². The number of fused-ring (bicyclic) bond motifs is 1. The van der Waals surface area contributed by atoms with Gasteiger partial charge in [-0.1, -0.05) is 30.3 Å². The third kappa shape index (κ3) is 4.36. The zero-order valence-corrected chi connectivity index (χ0v) is 17.6. The van der Waals surface area contributed by atoms with Crippen molar-refractivity contribution in [1.29, 1.82) is 0 Å². The molecule has 0 amide bonds. The Morgan fingerprint density at radius 3 is 2.87 bits per heavy atom. The number of aromatic nitrogens is 4. The summed E-state index contributed by atoms with van der Waals surface area (Å²) in [6, 6.07) is 19.1. The van der Waals surface area contributed by atoms with Gasteiger partial charge in [-0.2, -0.15) is 4.98 Å². The first kappa shape index (κ1) is 19.5. The summed E-state index contributed by atoms with van der Waals surface area (Å²) < 4.78 is 2.00. The van der Waals surface area contributed by atoms with E-state index >= 15 is 0 Å². The molecular weight excluding hydrogens is 386 g/mol. The molecule has 5 rings (SSSR count). The molecule has 7 nitrogen and oxygen atoms in total. The lowest BCUT2D eigenvalue weighted by molar-refractivity contribution is 0.633. The molecule has 2 aromatic heterocycles. The Morgan fingerprint density at radius 2 is 2.03 bits per heavy atom. The van der Waals surface area contributed by atoms with Crippen molar-refractivity contribution >= 4 is 22.7 Å². The summed E-state index contributed by atoms with van der Waals surface area (Å²) in [7, 11) is 0. The van der Waals surface area contributed by atoms with Gasteiger partial charge in [0.25, 0.3) is 0 Å². The zero-order chi connectivity index (χ0) is 21.0. The molecule has 0 saturated carbocycles. The van der Waals surface area contributed by atoms with Crippen LogP contribution in [0.15, 0.2) is 67.1 Å². The van der Waals surface area contributed by atoms with Gasteiger partial charge in [0.05, 0.1) is 17.1 Å². The highest BCUT2D eigenvalue weighted by molar-refractivity contribution is 5.81. The van der Waals surface area contributed by atoms with Gasteiger partial charge in [-0.05, 0) is 56.1 Å². The predicted molar refractivity (Wildman–Crippen MR) is 125 cm³/mol. The van der Waals surface area contributed by atoms with Crippen LogP contribution in [0.2, 0.25) is 0 Å². The summed E-state index contributed by atoms with van der Waals surface area (Å²) in [5.41, 5.74) is 4.24. The van der Waals surface area contributed by atoms with Crippen LogP contribution in [0.4, 0.5) is 11.6 Å². The van der Waals surface area contributed by atoms with Gasteiger partial charge in [0.2, 0.25) is 5.95 Å². The lowest BCUT2D eigenvalue weighted by Crippen LogP contribution is -2.29. The highest BCUT2D eigenvalue weighted by Crippen LogP contribution is 2.22. The third-order valence-corrected chi connectivity index (χ3v) is 5.80. The number of rotatable bonds is 7. The number of nitrogens with one attached hydrogen (secondary N) is 3. The Hall–Kier alpha value is -3.45. The SMILES string of the molecule is C[C@H](Nc1nccc(-n2cnc3cc(NC[C@H]4CCCN4)ccc32)n1)c1ccccc1. The largest absolute Gasteiger partial charge is 0.383 e. The van der Waals surface area contributed by atoms with E-state index in [1.165, 1.54) is 18.4 Å². The smallest absolute Gasteiger partial charge is 0.225 e. The Labute approximate surface area is 182 Å². The van der Waals surface area contributed by atoms with Crippen molar-refractivity contribution in [3.8, 4) is 5.82 Å². The van der Waals surface area contributed by atoms with Crippen LogP contribution < -0.4 is 16.0 Å². The molecule has 0 aliphatic carbocycles. The molecule has 0 spiro atoms. The predicted octanol–water partition coefficient (Wildman–Crippen LogP) is 4.15. The number of hydrogen-bond donors (Lipinski definition) is 3. The van der Waals surface area contributed by atoms with Crippen molar-refractivity contribution in [2.24, 2.45) is 0 Å². The van der Waals surface area contributed by atoms with Gasteiger partial charge in [0.1, 0.15) is 12.1 Å². The van der Waals surface area contributed by atoms with E-state index in [1.54, 1.807) is 6.20 Å². The summed E-state index contributed by atoms with van der Waals surface area (Å²) in [5, 5.41) is 10.4.